The Morgan fingerprint density at radius 2 is 2.33 bits per heavy atom. The topological polar surface area (TPSA) is 73.1 Å². The Morgan fingerprint density at radius 3 is 3.06 bits per heavy atom. The average Bonchev–Trinajstić information content (AvgIpc) is 2.99. The van der Waals surface area contributed by atoms with Gasteiger partial charge in [-0.1, -0.05) is 0 Å². The molecule has 0 radical (unpaired) electrons. The molecule has 3 rings (SSSR count). The lowest BCUT2D eigenvalue weighted by atomic mass is 10.1. The number of furan rings is 1. The van der Waals surface area contributed by atoms with Gasteiger partial charge in [-0.3, -0.25) is 4.90 Å². The minimum atomic E-state index is 0.0850. The Labute approximate surface area is 113 Å². The number of nitrogens with zero attached hydrogens (tertiary/aromatic N) is 4. The number of hydrogen-bond donors (Lipinski definition) is 1. The first-order valence-electron chi connectivity index (χ1n) is 5.84. The molecule has 0 aromatic carbocycles. The summed E-state index contributed by atoms with van der Waals surface area (Å²) in [7, 11) is 0. The van der Waals surface area contributed by atoms with Crippen LogP contribution >= 0.6 is 15.9 Å². The molecule has 6 nitrogen and oxygen atoms in total. The molecular weight excluding hydrogens is 298 g/mol. The van der Waals surface area contributed by atoms with E-state index in [9.17, 15) is 0 Å². The highest BCUT2D eigenvalue weighted by Crippen LogP contribution is 2.27. The molecule has 0 spiro atoms. The quantitative estimate of drug-likeness (QED) is 0.920. The van der Waals surface area contributed by atoms with Crippen molar-refractivity contribution < 1.29 is 4.42 Å². The van der Waals surface area contributed by atoms with Crippen LogP contribution in [0.5, 0.6) is 0 Å². The fraction of sp³-hybridized carbons (Fsp3) is 0.455. The summed E-state index contributed by atoms with van der Waals surface area (Å²) in [6, 6.07) is 3.94. The fourth-order valence-electron chi connectivity index (χ4n) is 2.30. The third kappa shape index (κ3) is 2.09. The third-order valence-corrected chi connectivity index (χ3v) is 3.68. The van der Waals surface area contributed by atoms with Gasteiger partial charge >= 0.3 is 0 Å². The van der Waals surface area contributed by atoms with E-state index in [-0.39, 0.29) is 6.04 Å². The van der Waals surface area contributed by atoms with Crippen LogP contribution in [0.4, 0.5) is 0 Å². The van der Waals surface area contributed by atoms with E-state index in [1.165, 1.54) is 0 Å². The first-order valence-corrected chi connectivity index (χ1v) is 6.63. The molecule has 2 aromatic rings. The van der Waals surface area contributed by atoms with Crippen LogP contribution in [0.2, 0.25) is 0 Å². The van der Waals surface area contributed by atoms with Gasteiger partial charge in [0.2, 0.25) is 0 Å². The van der Waals surface area contributed by atoms with Gasteiger partial charge in [0.15, 0.2) is 4.67 Å². The average molecular weight is 312 g/mol. The van der Waals surface area contributed by atoms with Crippen LogP contribution in [0, 0.1) is 0 Å². The Kier molecular flexibility index (Phi) is 3.19. The van der Waals surface area contributed by atoms with Gasteiger partial charge in [0, 0.05) is 19.6 Å². The van der Waals surface area contributed by atoms with Gasteiger partial charge in [-0.2, -0.15) is 0 Å². The monoisotopic (exact) mass is 311 g/mol. The van der Waals surface area contributed by atoms with Crippen LogP contribution in [0.25, 0.3) is 0 Å². The van der Waals surface area contributed by atoms with Gasteiger partial charge in [0.25, 0.3) is 0 Å². The molecule has 1 aliphatic rings. The third-order valence-electron chi connectivity index (χ3n) is 3.25. The summed E-state index contributed by atoms with van der Waals surface area (Å²) >= 11 is 3.32. The van der Waals surface area contributed by atoms with E-state index in [1.807, 2.05) is 12.1 Å². The van der Waals surface area contributed by atoms with Gasteiger partial charge in [0.1, 0.15) is 17.9 Å². The van der Waals surface area contributed by atoms with E-state index in [2.05, 4.69) is 35.6 Å². The summed E-state index contributed by atoms with van der Waals surface area (Å²) in [5.74, 6) is 1.86. The normalized spacial score (nSPS) is 17.7. The van der Waals surface area contributed by atoms with Crippen molar-refractivity contribution in [1.29, 1.82) is 0 Å². The second kappa shape index (κ2) is 4.83. The molecule has 0 aliphatic carbocycles. The van der Waals surface area contributed by atoms with Crippen LogP contribution in [-0.4, -0.2) is 32.8 Å². The van der Waals surface area contributed by atoms with E-state index < -0.39 is 0 Å². The van der Waals surface area contributed by atoms with Crippen molar-refractivity contribution in [1.82, 2.24) is 19.7 Å². The molecule has 0 bridgehead atoms. The molecule has 1 aliphatic heterocycles. The molecule has 1 atom stereocenters. The maximum absolute atomic E-state index is 5.88. The molecule has 0 saturated carbocycles. The van der Waals surface area contributed by atoms with Crippen molar-refractivity contribution in [2.24, 2.45) is 5.73 Å². The molecule has 0 saturated heterocycles. The minimum absolute atomic E-state index is 0.0850. The first-order chi connectivity index (χ1) is 8.78. The lowest BCUT2D eigenvalue weighted by Gasteiger charge is -2.32. The summed E-state index contributed by atoms with van der Waals surface area (Å²) in [6.45, 7) is 3.08. The molecule has 0 amide bonds. The van der Waals surface area contributed by atoms with Crippen LogP contribution in [0.15, 0.2) is 27.5 Å². The predicted octanol–water partition coefficient (Wildman–Crippen LogP) is 1.15. The second-order valence-electron chi connectivity index (χ2n) is 4.30. The molecule has 96 valence electrons. The number of halogens is 1. The maximum Gasteiger partial charge on any atom is 0.169 e. The van der Waals surface area contributed by atoms with Gasteiger partial charge in [-0.05, 0) is 28.1 Å². The lowest BCUT2D eigenvalue weighted by molar-refractivity contribution is 0.138. The molecule has 2 N–H and O–H groups in total. The van der Waals surface area contributed by atoms with Crippen molar-refractivity contribution >= 4 is 15.9 Å². The zero-order valence-electron chi connectivity index (χ0n) is 9.79. The zero-order valence-corrected chi connectivity index (χ0v) is 11.4. The highest BCUT2D eigenvalue weighted by Gasteiger charge is 2.26. The first kappa shape index (κ1) is 11.9. The van der Waals surface area contributed by atoms with Crippen molar-refractivity contribution in [3.05, 3.63) is 34.7 Å². The van der Waals surface area contributed by atoms with E-state index in [4.69, 9.17) is 10.2 Å². The van der Waals surface area contributed by atoms with Crippen molar-refractivity contribution in [2.75, 3.05) is 13.1 Å². The van der Waals surface area contributed by atoms with Crippen LogP contribution in [0.3, 0.4) is 0 Å². The highest BCUT2D eigenvalue weighted by molar-refractivity contribution is 9.10. The smallest absolute Gasteiger partial charge is 0.169 e. The molecule has 0 fully saturated rings. The summed E-state index contributed by atoms with van der Waals surface area (Å²) in [5, 5.41) is 8.04. The predicted molar refractivity (Wildman–Crippen MR) is 68.6 cm³/mol. The standard InChI is InChI=1S/C11H14BrN5O/c12-10-2-1-9(18-10)8(5-13)16-3-4-17-7-14-15-11(17)6-16/h1-2,7-8H,3-6,13H2. The summed E-state index contributed by atoms with van der Waals surface area (Å²) in [4.78, 5) is 2.27. The Hall–Kier alpha value is -1.18. The molecule has 7 heteroatoms. The van der Waals surface area contributed by atoms with Crippen molar-refractivity contribution in [3.8, 4) is 0 Å². The van der Waals surface area contributed by atoms with Crippen LogP contribution in [0.1, 0.15) is 17.6 Å². The zero-order chi connectivity index (χ0) is 12.5. The molecular formula is C11H14BrN5O. The molecule has 3 heterocycles. The Bertz CT molecular complexity index is 537. The Morgan fingerprint density at radius 1 is 1.44 bits per heavy atom. The highest BCUT2D eigenvalue weighted by atomic mass is 79.9. The minimum Gasteiger partial charge on any atom is -0.453 e. The molecule has 2 aromatic heterocycles. The summed E-state index contributed by atoms with van der Waals surface area (Å²) in [5.41, 5.74) is 5.88. The maximum atomic E-state index is 5.88. The van der Waals surface area contributed by atoms with E-state index in [1.54, 1.807) is 6.33 Å². The van der Waals surface area contributed by atoms with Crippen molar-refractivity contribution in [2.45, 2.75) is 19.1 Å². The van der Waals surface area contributed by atoms with E-state index in [0.717, 1.165) is 35.9 Å². The van der Waals surface area contributed by atoms with E-state index >= 15 is 0 Å². The molecule has 1 unspecified atom stereocenters. The van der Waals surface area contributed by atoms with Gasteiger partial charge in [-0.25, -0.2) is 0 Å². The summed E-state index contributed by atoms with van der Waals surface area (Å²) in [6.07, 6.45) is 1.77. The largest absolute Gasteiger partial charge is 0.453 e. The van der Waals surface area contributed by atoms with E-state index in [0.29, 0.717) is 6.54 Å². The lowest BCUT2D eigenvalue weighted by Crippen LogP contribution is -2.39. The van der Waals surface area contributed by atoms with Crippen molar-refractivity contribution in [3.63, 3.8) is 0 Å². The van der Waals surface area contributed by atoms with Crippen LogP contribution in [-0.2, 0) is 13.1 Å². The molecule has 18 heavy (non-hydrogen) atoms. The summed E-state index contributed by atoms with van der Waals surface area (Å²) < 4.78 is 8.42. The number of nitrogens with two attached hydrogens (primary N) is 1. The second-order valence-corrected chi connectivity index (χ2v) is 5.09. The number of hydrogen-bond acceptors (Lipinski definition) is 5. The number of fused-ring (bicyclic) bond motifs is 1. The Balaban J connectivity index is 1.82. The van der Waals surface area contributed by atoms with Crippen LogP contribution < -0.4 is 5.73 Å². The number of aromatic nitrogens is 3. The van der Waals surface area contributed by atoms with Gasteiger partial charge < -0.3 is 14.7 Å². The SMILES string of the molecule is NCC(c1ccc(Br)o1)N1CCn2cnnc2C1. The fourth-order valence-corrected chi connectivity index (χ4v) is 2.62. The number of rotatable bonds is 3. The van der Waals surface area contributed by atoms with Gasteiger partial charge in [-0.15, -0.1) is 10.2 Å². The van der Waals surface area contributed by atoms with Gasteiger partial charge in [0.05, 0.1) is 12.6 Å².